The lowest BCUT2D eigenvalue weighted by Crippen LogP contribution is -2.11. The minimum absolute atomic E-state index is 0.0209. The van der Waals surface area contributed by atoms with Crippen molar-refractivity contribution in [1.29, 1.82) is 0 Å². The molecule has 120 valence electrons. The van der Waals surface area contributed by atoms with Gasteiger partial charge in [0.2, 0.25) is 5.78 Å². The number of carbonyl (C=O) groups excluding carboxylic acids is 2. The van der Waals surface area contributed by atoms with Crippen molar-refractivity contribution in [3.8, 4) is 0 Å². The Morgan fingerprint density at radius 2 is 1.14 bits per heavy atom. The topological polar surface area (TPSA) is 146 Å². The molecule has 0 spiro atoms. The van der Waals surface area contributed by atoms with Crippen LogP contribution in [0.2, 0.25) is 0 Å². The van der Waals surface area contributed by atoms with Gasteiger partial charge in [-0.25, -0.2) is 4.79 Å². The number of carboxylic acid groups (broad SMARTS) is 3. The van der Waals surface area contributed by atoms with E-state index in [2.05, 4.69) is 0 Å². The van der Waals surface area contributed by atoms with Crippen LogP contribution in [0.1, 0.15) is 51.4 Å². The zero-order valence-electron chi connectivity index (χ0n) is 11.6. The second kappa shape index (κ2) is 14.2. The van der Waals surface area contributed by atoms with Crippen molar-refractivity contribution < 1.29 is 39.3 Å². The van der Waals surface area contributed by atoms with E-state index < -0.39 is 23.7 Å². The van der Waals surface area contributed by atoms with Crippen molar-refractivity contribution >= 4 is 30.0 Å². The number of Topliss-reactive ketones (excluding diaryl/α,β-unsaturated/α-hetero) is 1. The SMILES string of the molecule is O=C(O)CCCCC(=O)C(=O)O.O=CCCCCC(=O)O. The van der Waals surface area contributed by atoms with E-state index in [-0.39, 0.29) is 19.3 Å². The van der Waals surface area contributed by atoms with Crippen LogP contribution >= 0.6 is 0 Å². The van der Waals surface area contributed by atoms with E-state index in [1.807, 2.05) is 0 Å². The molecule has 0 aromatic heterocycles. The van der Waals surface area contributed by atoms with E-state index in [4.69, 9.17) is 15.3 Å². The van der Waals surface area contributed by atoms with Gasteiger partial charge in [-0.05, 0) is 25.7 Å². The van der Waals surface area contributed by atoms with Crippen molar-refractivity contribution in [2.75, 3.05) is 0 Å². The van der Waals surface area contributed by atoms with Crippen molar-refractivity contribution in [2.24, 2.45) is 0 Å². The van der Waals surface area contributed by atoms with Gasteiger partial charge >= 0.3 is 17.9 Å². The van der Waals surface area contributed by atoms with Crippen molar-refractivity contribution in [3.05, 3.63) is 0 Å². The van der Waals surface area contributed by atoms with Crippen LogP contribution in [0.25, 0.3) is 0 Å². The molecule has 8 nitrogen and oxygen atoms in total. The average Bonchev–Trinajstić information content (AvgIpc) is 2.39. The standard InChI is InChI=1S/C7H10O5.C6H10O3/c8-5(7(11)12)3-1-2-4-6(9)10;7-5-3-1-2-4-6(8)9/h1-4H2,(H,9,10)(H,11,12);5H,1-4H2,(H,8,9). The predicted molar refractivity (Wildman–Crippen MR) is 70.9 cm³/mol. The highest BCUT2D eigenvalue weighted by Crippen LogP contribution is 2.00. The number of carboxylic acids is 3. The highest BCUT2D eigenvalue weighted by atomic mass is 16.4. The number of hydrogen-bond donors (Lipinski definition) is 3. The summed E-state index contributed by atoms with van der Waals surface area (Å²) in [4.78, 5) is 50.0. The largest absolute Gasteiger partial charge is 0.481 e. The molecule has 0 amide bonds. The average molecular weight is 304 g/mol. The van der Waals surface area contributed by atoms with Crippen LogP contribution in [0.3, 0.4) is 0 Å². The summed E-state index contributed by atoms with van der Waals surface area (Å²) in [6.45, 7) is 0. The quantitative estimate of drug-likeness (QED) is 0.292. The molecule has 8 heteroatoms. The molecule has 0 saturated carbocycles. The predicted octanol–water partition coefficient (Wildman–Crippen LogP) is 1.12. The number of carbonyl (C=O) groups is 5. The molecule has 3 N–H and O–H groups in total. The number of aldehydes is 1. The van der Waals surface area contributed by atoms with Gasteiger partial charge in [-0.2, -0.15) is 0 Å². The molecule has 0 saturated heterocycles. The molecule has 0 radical (unpaired) electrons. The Labute approximate surface area is 121 Å². The van der Waals surface area contributed by atoms with Gasteiger partial charge in [-0.1, -0.05) is 0 Å². The molecule has 0 bridgehead atoms. The summed E-state index contributed by atoms with van der Waals surface area (Å²) >= 11 is 0. The lowest BCUT2D eigenvalue weighted by atomic mass is 10.1. The summed E-state index contributed by atoms with van der Waals surface area (Å²) in [5, 5.41) is 24.4. The van der Waals surface area contributed by atoms with Crippen LogP contribution in [0.4, 0.5) is 0 Å². The molecule has 0 heterocycles. The van der Waals surface area contributed by atoms with E-state index in [9.17, 15) is 24.0 Å². The zero-order valence-corrected chi connectivity index (χ0v) is 11.6. The van der Waals surface area contributed by atoms with E-state index >= 15 is 0 Å². The Morgan fingerprint density at radius 1 is 0.714 bits per heavy atom. The van der Waals surface area contributed by atoms with Crippen LogP contribution in [-0.2, 0) is 24.0 Å². The smallest absolute Gasteiger partial charge is 0.372 e. The summed E-state index contributed by atoms with van der Waals surface area (Å²) in [5.74, 6) is -4.04. The van der Waals surface area contributed by atoms with E-state index in [0.29, 0.717) is 32.1 Å². The Morgan fingerprint density at radius 3 is 1.52 bits per heavy atom. The lowest BCUT2D eigenvalue weighted by molar-refractivity contribution is -0.149. The first-order chi connectivity index (χ1) is 9.81. The molecular weight excluding hydrogens is 284 g/mol. The minimum Gasteiger partial charge on any atom is -0.481 e. The van der Waals surface area contributed by atoms with Crippen LogP contribution < -0.4 is 0 Å². The fraction of sp³-hybridized carbons (Fsp3) is 0.615. The molecule has 0 rings (SSSR count). The Bertz CT molecular complexity index is 361. The summed E-state index contributed by atoms with van der Waals surface area (Å²) in [7, 11) is 0. The van der Waals surface area contributed by atoms with Gasteiger partial charge in [0.1, 0.15) is 6.29 Å². The van der Waals surface area contributed by atoms with Gasteiger partial charge in [-0.3, -0.25) is 14.4 Å². The van der Waals surface area contributed by atoms with Crippen molar-refractivity contribution in [1.82, 2.24) is 0 Å². The monoisotopic (exact) mass is 304 g/mol. The third-order valence-electron chi connectivity index (χ3n) is 2.25. The van der Waals surface area contributed by atoms with Crippen molar-refractivity contribution in [3.63, 3.8) is 0 Å². The van der Waals surface area contributed by atoms with E-state index in [1.54, 1.807) is 0 Å². The molecule has 0 aliphatic carbocycles. The lowest BCUT2D eigenvalue weighted by Gasteiger charge is -1.94. The zero-order chi connectivity index (χ0) is 16.7. The Hall–Kier alpha value is -2.25. The maximum Gasteiger partial charge on any atom is 0.372 e. The van der Waals surface area contributed by atoms with E-state index in [0.717, 1.165) is 6.29 Å². The first-order valence-corrected chi connectivity index (χ1v) is 6.44. The summed E-state index contributed by atoms with van der Waals surface area (Å²) in [6.07, 6.45) is 3.31. The molecule has 0 unspecified atom stereocenters. The van der Waals surface area contributed by atoms with Gasteiger partial charge in [0.05, 0.1) is 0 Å². The number of hydrogen-bond acceptors (Lipinski definition) is 5. The first-order valence-electron chi connectivity index (χ1n) is 6.44. The Kier molecular flexibility index (Phi) is 14.2. The van der Waals surface area contributed by atoms with Crippen molar-refractivity contribution in [2.45, 2.75) is 51.4 Å². The molecule has 21 heavy (non-hydrogen) atoms. The molecule has 0 aromatic rings. The van der Waals surface area contributed by atoms with Crippen LogP contribution in [-0.4, -0.2) is 45.3 Å². The highest BCUT2D eigenvalue weighted by Gasteiger charge is 2.10. The number of rotatable bonds is 11. The molecule has 0 aliphatic rings. The molecule has 0 aliphatic heterocycles. The minimum atomic E-state index is -1.45. The maximum atomic E-state index is 10.4. The van der Waals surface area contributed by atoms with Gasteiger partial charge in [0.25, 0.3) is 0 Å². The van der Waals surface area contributed by atoms with Gasteiger partial charge in [0, 0.05) is 25.7 Å². The second-order valence-electron chi connectivity index (χ2n) is 4.14. The highest BCUT2D eigenvalue weighted by molar-refractivity contribution is 6.32. The van der Waals surface area contributed by atoms with Crippen LogP contribution in [0, 0.1) is 0 Å². The normalized spacial score (nSPS) is 9.14. The summed E-state index contributed by atoms with van der Waals surface area (Å²) in [5.41, 5.74) is 0. The van der Waals surface area contributed by atoms with E-state index in [1.165, 1.54) is 0 Å². The fourth-order valence-corrected chi connectivity index (χ4v) is 1.17. The molecule has 0 atom stereocenters. The number of ketones is 1. The number of unbranched alkanes of at least 4 members (excludes halogenated alkanes) is 3. The molecule has 0 fully saturated rings. The van der Waals surface area contributed by atoms with Crippen LogP contribution in [0.15, 0.2) is 0 Å². The van der Waals surface area contributed by atoms with Gasteiger partial charge < -0.3 is 20.1 Å². The van der Waals surface area contributed by atoms with Crippen LogP contribution in [0.5, 0.6) is 0 Å². The second-order valence-corrected chi connectivity index (χ2v) is 4.14. The Balaban J connectivity index is 0. The maximum absolute atomic E-state index is 10.4. The fourth-order valence-electron chi connectivity index (χ4n) is 1.17. The van der Waals surface area contributed by atoms with Gasteiger partial charge in [0.15, 0.2) is 0 Å². The van der Waals surface area contributed by atoms with Gasteiger partial charge in [-0.15, -0.1) is 0 Å². The summed E-state index contributed by atoms with van der Waals surface area (Å²) in [6, 6.07) is 0. The summed E-state index contributed by atoms with van der Waals surface area (Å²) < 4.78 is 0. The molecular formula is C13H20O8. The first kappa shape index (κ1) is 21.1. The third-order valence-corrected chi connectivity index (χ3v) is 2.25. The molecule has 0 aromatic carbocycles. The number of aliphatic carboxylic acids is 3. The third kappa shape index (κ3) is 20.2.